The van der Waals surface area contributed by atoms with Crippen LogP contribution in [0.5, 0.6) is 0 Å². The molecule has 0 radical (unpaired) electrons. The van der Waals surface area contributed by atoms with Gasteiger partial charge in [-0.3, -0.25) is 14.8 Å². The molecule has 9 heteroatoms. The molecule has 0 fully saturated rings. The molecule has 0 spiro atoms. The number of nitrogens with one attached hydrogen (secondary N) is 1. The van der Waals surface area contributed by atoms with Crippen LogP contribution in [0, 0.1) is 0 Å². The molecule has 9 nitrogen and oxygen atoms in total. The lowest BCUT2D eigenvalue weighted by Crippen LogP contribution is -2.25. The van der Waals surface area contributed by atoms with Crippen LogP contribution < -0.4 is 5.32 Å². The number of carbonyl (C=O) groups is 2. The first-order valence-corrected chi connectivity index (χ1v) is 7.55. The number of aromatic carboxylic acids is 1. The molecule has 1 aromatic carbocycles. The largest absolute Gasteiger partial charge is 0.476 e. The van der Waals surface area contributed by atoms with Gasteiger partial charge in [-0.05, 0) is 18.6 Å². The van der Waals surface area contributed by atoms with Crippen LogP contribution >= 0.6 is 0 Å². The number of benzene rings is 1. The molecule has 1 atom stereocenters. The zero-order valence-electron chi connectivity index (χ0n) is 13.4. The summed E-state index contributed by atoms with van der Waals surface area (Å²) in [5.74, 6) is -1.36. The Kier molecular flexibility index (Phi) is 4.55. The summed E-state index contributed by atoms with van der Waals surface area (Å²) in [5.41, 5.74) is 0.946. The fourth-order valence-electron chi connectivity index (χ4n) is 2.20. The minimum absolute atomic E-state index is 0.120. The zero-order chi connectivity index (χ0) is 17.8. The molecule has 0 saturated carbocycles. The summed E-state index contributed by atoms with van der Waals surface area (Å²) >= 11 is 0. The lowest BCUT2D eigenvalue weighted by atomic mass is 10.2. The third kappa shape index (κ3) is 3.89. The molecule has 25 heavy (non-hydrogen) atoms. The monoisotopic (exact) mass is 340 g/mol. The summed E-state index contributed by atoms with van der Waals surface area (Å²) in [6, 6.07) is 10.4. The fraction of sp³-hybridized carbons (Fsp3) is 0.188. The first kappa shape index (κ1) is 16.4. The van der Waals surface area contributed by atoms with Gasteiger partial charge < -0.3 is 5.11 Å². The minimum Gasteiger partial charge on any atom is -0.476 e. The number of hydrogen-bond donors (Lipinski definition) is 2. The van der Waals surface area contributed by atoms with Crippen molar-refractivity contribution in [3.05, 3.63) is 60.2 Å². The summed E-state index contributed by atoms with van der Waals surface area (Å²) in [7, 11) is 0. The van der Waals surface area contributed by atoms with Crippen LogP contribution in [0.1, 0.15) is 29.0 Å². The molecule has 2 aromatic heterocycles. The average molecular weight is 340 g/mol. The number of aromatic nitrogens is 5. The van der Waals surface area contributed by atoms with Crippen LogP contribution in [0.2, 0.25) is 0 Å². The molecule has 2 N–H and O–H groups in total. The maximum atomic E-state index is 12.3. The van der Waals surface area contributed by atoms with Crippen molar-refractivity contribution in [3.63, 3.8) is 0 Å². The van der Waals surface area contributed by atoms with Crippen molar-refractivity contribution in [1.29, 1.82) is 0 Å². The smallest absolute Gasteiger partial charge is 0.356 e. The highest BCUT2D eigenvalue weighted by Crippen LogP contribution is 2.09. The van der Waals surface area contributed by atoms with E-state index in [1.165, 1.54) is 23.3 Å². The van der Waals surface area contributed by atoms with E-state index in [9.17, 15) is 9.59 Å². The van der Waals surface area contributed by atoms with Gasteiger partial charge >= 0.3 is 5.97 Å². The SMILES string of the molecule is CC(C(=O)Nc1ncn(Cc2ccccc2)n1)n1ccc(C(=O)O)n1. The number of carboxylic acid groups (broad SMARTS) is 1. The summed E-state index contributed by atoms with van der Waals surface area (Å²) < 4.78 is 2.89. The minimum atomic E-state index is -1.15. The Morgan fingerprint density at radius 1 is 1.20 bits per heavy atom. The Labute approximate surface area is 142 Å². The van der Waals surface area contributed by atoms with E-state index in [2.05, 4.69) is 20.5 Å². The zero-order valence-corrected chi connectivity index (χ0v) is 13.4. The molecule has 3 aromatic rings. The summed E-state index contributed by atoms with van der Waals surface area (Å²) in [6.45, 7) is 2.15. The van der Waals surface area contributed by atoms with Crippen molar-refractivity contribution >= 4 is 17.8 Å². The Balaban J connectivity index is 1.63. The Morgan fingerprint density at radius 3 is 2.64 bits per heavy atom. The van der Waals surface area contributed by atoms with Crippen LogP contribution in [0.25, 0.3) is 0 Å². The highest BCUT2D eigenvalue weighted by molar-refractivity contribution is 5.92. The molecule has 3 rings (SSSR count). The molecular weight excluding hydrogens is 324 g/mol. The van der Waals surface area contributed by atoms with Gasteiger partial charge in [0.05, 0.1) is 6.54 Å². The van der Waals surface area contributed by atoms with Gasteiger partial charge in [-0.2, -0.15) is 5.10 Å². The normalized spacial score (nSPS) is 11.9. The van der Waals surface area contributed by atoms with Gasteiger partial charge in [0.1, 0.15) is 12.4 Å². The highest BCUT2D eigenvalue weighted by Gasteiger charge is 2.19. The molecule has 2 heterocycles. The Bertz CT molecular complexity index is 886. The molecule has 0 aliphatic heterocycles. The van der Waals surface area contributed by atoms with Crippen molar-refractivity contribution < 1.29 is 14.7 Å². The van der Waals surface area contributed by atoms with E-state index in [4.69, 9.17) is 5.11 Å². The van der Waals surface area contributed by atoms with Crippen LogP contribution in [-0.4, -0.2) is 41.5 Å². The number of carboxylic acids is 1. The van der Waals surface area contributed by atoms with Crippen LogP contribution in [-0.2, 0) is 11.3 Å². The van der Waals surface area contributed by atoms with Gasteiger partial charge in [0.15, 0.2) is 5.69 Å². The number of carbonyl (C=O) groups excluding carboxylic acids is 1. The van der Waals surface area contributed by atoms with E-state index in [1.807, 2.05) is 30.3 Å². The van der Waals surface area contributed by atoms with Crippen LogP contribution in [0.15, 0.2) is 48.9 Å². The molecule has 0 bridgehead atoms. The van der Waals surface area contributed by atoms with E-state index < -0.39 is 17.9 Å². The fourth-order valence-corrected chi connectivity index (χ4v) is 2.20. The third-order valence-corrected chi connectivity index (χ3v) is 3.56. The summed E-state index contributed by atoms with van der Waals surface area (Å²) in [5, 5.41) is 19.5. The third-order valence-electron chi connectivity index (χ3n) is 3.56. The van der Waals surface area contributed by atoms with Crippen LogP contribution in [0.4, 0.5) is 5.95 Å². The maximum absolute atomic E-state index is 12.3. The number of anilines is 1. The van der Waals surface area contributed by atoms with Crippen molar-refractivity contribution in [3.8, 4) is 0 Å². The van der Waals surface area contributed by atoms with Gasteiger partial charge in [-0.25, -0.2) is 14.5 Å². The van der Waals surface area contributed by atoms with Gasteiger partial charge in [0.25, 0.3) is 5.91 Å². The topological polar surface area (TPSA) is 115 Å². The molecule has 0 saturated heterocycles. The quantitative estimate of drug-likeness (QED) is 0.701. The number of nitrogens with zero attached hydrogens (tertiary/aromatic N) is 5. The van der Waals surface area contributed by atoms with Gasteiger partial charge in [0.2, 0.25) is 5.95 Å². The van der Waals surface area contributed by atoms with Gasteiger partial charge in [-0.1, -0.05) is 30.3 Å². The Hall–Kier alpha value is -3.49. The molecule has 1 amide bonds. The predicted octanol–water partition coefficient (Wildman–Crippen LogP) is 1.42. The molecule has 0 aliphatic carbocycles. The van der Waals surface area contributed by atoms with Crippen molar-refractivity contribution in [2.24, 2.45) is 0 Å². The second-order valence-corrected chi connectivity index (χ2v) is 5.40. The summed E-state index contributed by atoms with van der Waals surface area (Å²) in [4.78, 5) is 27.2. The first-order chi connectivity index (χ1) is 12.0. The highest BCUT2D eigenvalue weighted by atomic mass is 16.4. The van der Waals surface area contributed by atoms with Gasteiger partial charge in [-0.15, -0.1) is 5.10 Å². The lowest BCUT2D eigenvalue weighted by molar-refractivity contribution is -0.119. The average Bonchev–Trinajstić information content (AvgIpc) is 3.25. The molecule has 0 aliphatic rings. The van der Waals surface area contributed by atoms with E-state index in [0.29, 0.717) is 6.54 Å². The van der Waals surface area contributed by atoms with Crippen LogP contribution in [0.3, 0.4) is 0 Å². The van der Waals surface area contributed by atoms with Gasteiger partial charge in [0, 0.05) is 6.20 Å². The van der Waals surface area contributed by atoms with E-state index in [1.54, 1.807) is 11.6 Å². The first-order valence-electron chi connectivity index (χ1n) is 7.55. The molecular formula is C16H16N6O3. The van der Waals surface area contributed by atoms with E-state index in [-0.39, 0.29) is 11.6 Å². The Morgan fingerprint density at radius 2 is 1.96 bits per heavy atom. The predicted molar refractivity (Wildman–Crippen MR) is 88.1 cm³/mol. The lowest BCUT2D eigenvalue weighted by Gasteiger charge is -2.10. The second-order valence-electron chi connectivity index (χ2n) is 5.40. The van der Waals surface area contributed by atoms with Crippen molar-refractivity contribution in [1.82, 2.24) is 24.5 Å². The van der Waals surface area contributed by atoms with E-state index in [0.717, 1.165) is 5.56 Å². The van der Waals surface area contributed by atoms with Crippen molar-refractivity contribution in [2.45, 2.75) is 19.5 Å². The van der Waals surface area contributed by atoms with E-state index >= 15 is 0 Å². The number of hydrogen-bond acceptors (Lipinski definition) is 5. The standard InChI is InChI=1S/C16H16N6O3/c1-11(22-8-7-13(19-22)15(24)25)14(23)18-16-17-10-21(20-16)9-12-5-3-2-4-6-12/h2-8,10-11H,9H2,1H3,(H,24,25)(H,18,20,23). The van der Waals surface area contributed by atoms with Crippen molar-refractivity contribution in [2.75, 3.05) is 5.32 Å². The summed E-state index contributed by atoms with van der Waals surface area (Å²) in [6.07, 6.45) is 2.97. The maximum Gasteiger partial charge on any atom is 0.356 e. The number of rotatable bonds is 6. The second kappa shape index (κ2) is 6.95. The number of amides is 1. The molecule has 128 valence electrons. The molecule has 1 unspecified atom stereocenters.